The molecule has 30 heavy (non-hydrogen) atoms. The minimum absolute atomic E-state index is 0.225. The van der Waals surface area contributed by atoms with Gasteiger partial charge in [-0.15, -0.1) is 0 Å². The van der Waals surface area contributed by atoms with Crippen molar-refractivity contribution in [1.29, 1.82) is 0 Å². The molecule has 0 spiro atoms. The molecule has 0 amide bonds. The minimum Gasteiger partial charge on any atom is -0.513 e. The van der Waals surface area contributed by atoms with Crippen LogP contribution in [0.5, 0.6) is 0 Å². The number of rotatable bonds is 6. The molecule has 8 atom stereocenters. The maximum absolute atomic E-state index is 12.1. The summed E-state index contributed by atoms with van der Waals surface area (Å²) >= 11 is 0. The predicted molar refractivity (Wildman–Crippen MR) is 124 cm³/mol. The molecule has 2 nitrogen and oxygen atoms in total. The van der Waals surface area contributed by atoms with E-state index in [1.165, 1.54) is 38.5 Å². The zero-order chi connectivity index (χ0) is 21.7. The largest absolute Gasteiger partial charge is 0.513 e. The quantitative estimate of drug-likeness (QED) is 0.359. The van der Waals surface area contributed by atoms with Gasteiger partial charge in [-0.25, -0.2) is 0 Å². The summed E-state index contributed by atoms with van der Waals surface area (Å²) in [7, 11) is 0. The molecule has 0 saturated heterocycles. The topological polar surface area (TPSA) is 37.3 Å². The average Bonchev–Trinajstić information content (AvgIpc) is 3.05. The molecular weight excluding hydrogens is 368 g/mol. The van der Waals surface area contributed by atoms with Crippen LogP contribution in [0.2, 0.25) is 0 Å². The third-order valence-electron chi connectivity index (χ3n) is 10.5. The smallest absolute Gasteiger partial charge is 0.133 e. The Labute approximate surface area is 184 Å². The lowest BCUT2D eigenvalue weighted by molar-refractivity contribution is -0.127. The van der Waals surface area contributed by atoms with Crippen LogP contribution in [0.1, 0.15) is 98.3 Å². The minimum atomic E-state index is 0.225. The Morgan fingerprint density at radius 1 is 1.13 bits per heavy atom. The van der Waals surface area contributed by atoms with E-state index in [0.717, 1.165) is 55.8 Å². The van der Waals surface area contributed by atoms with Crippen LogP contribution in [-0.4, -0.2) is 10.9 Å². The van der Waals surface area contributed by atoms with Crippen molar-refractivity contribution in [3.8, 4) is 0 Å². The second-order valence-corrected chi connectivity index (χ2v) is 12.0. The first kappa shape index (κ1) is 22.2. The van der Waals surface area contributed by atoms with Gasteiger partial charge in [-0.05, 0) is 85.4 Å². The van der Waals surface area contributed by atoms with Crippen molar-refractivity contribution in [2.24, 2.45) is 46.3 Å². The number of carbonyl (C=O) groups is 1. The van der Waals surface area contributed by atoms with Crippen LogP contribution < -0.4 is 0 Å². The molecule has 0 bridgehead atoms. The molecule has 4 rings (SSSR count). The molecule has 4 unspecified atom stereocenters. The molecule has 0 aromatic rings. The van der Waals surface area contributed by atoms with Gasteiger partial charge in [-0.2, -0.15) is 0 Å². The molecule has 0 aromatic heterocycles. The molecule has 0 aromatic carbocycles. The molecule has 3 saturated carbocycles. The highest BCUT2D eigenvalue weighted by Crippen LogP contribution is 2.66. The van der Waals surface area contributed by atoms with E-state index in [0.29, 0.717) is 28.3 Å². The molecule has 4 aliphatic carbocycles. The summed E-state index contributed by atoms with van der Waals surface area (Å²) in [4.78, 5) is 12.1. The van der Waals surface area contributed by atoms with Gasteiger partial charge in [-0.3, -0.25) is 4.79 Å². The van der Waals surface area contributed by atoms with Crippen LogP contribution in [-0.2, 0) is 4.79 Å². The van der Waals surface area contributed by atoms with E-state index in [-0.39, 0.29) is 5.92 Å². The van der Waals surface area contributed by atoms with E-state index in [2.05, 4.69) is 40.3 Å². The molecular formula is C28H44O2. The van der Waals surface area contributed by atoms with Crippen molar-refractivity contribution < 1.29 is 9.90 Å². The summed E-state index contributed by atoms with van der Waals surface area (Å²) < 4.78 is 0. The van der Waals surface area contributed by atoms with Crippen LogP contribution in [0.25, 0.3) is 0 Å². The van der Waals surface area contributed by atoms with E-state index in [1.54, 1.807) is 5.57 Å². The maximum atomic E-state index is 12.1. The third-order valence-corrected chi connectivity index (χ3v) is 10.5. The van der Waals surface area contributed by atoms with Crippen LogP contribution in [0.15, 0.2) is 24.0 Å². The monoisotopic (exact) mass is 412 g/mol. The summed E-state index contributed by atoms with van der Waals surface area (Å²) in [5, 5.41) is 9.60. The lowest BCUT2D eigenvalue weighted by atomic mass is 9.47. The molecule has 1 N–H and O–H groups in total. The molecule has 2 heteroatoms. The van der Waals surface area contributed by atoms with Crippen LogP contribution in [0.3, 0.4) is 0 Å². The fourth-order valence-electron chi connectivity index (χ4n) is 8.39. The van der Waals surface area contributed by atoms with Crippen LogP contribution in [0.4, 0.5) is 0 Å². The first-order valence-electron chi connectivity index (χ1n) is 12.8. The van der Waals surface area contributed by atoms with Gasteiger partial charge >= 0.3 is 0 Å². The average molecular weight is 413 g/mol. The van der Waals surface area contributed by atoms with E-state index < -0.39 is 0 Å². The number of hydrogen-bond donors (Lipinski definition) is 1. The SMILES string of the molecule is C=C(O)[C@H](C)CCCC(C)[C@H]1CCC2C3=CCC4CC(=O)CC[C@]4(C)C3CC[C@@]21C. The number of ketones is 1. The lowest BCUT2D eigenvalue weighted by Gasteiger charge is -2.57. The fraction of sp³-hybridized carbons (Fsp3) is 0.821. The molecule has 0 aliphatic heterocycles. The van der Waals surface area contributed by atoms with E-state index in [1.807, 2.05) is 0 Å². The van der Waals surface area contributed by atoms with E-state index >= 15 is 0 Å². The Bertz CT molecular complexity index is 720. The van der Waals surface area contributed by atoms with E-state index in [4.69, 9.17) is 0 Å². The van der Waals surface area contributed by atoms with Crippen molar-refractivity contribution in [2.45, 2.75) is 98.3 Å². The molecule has 3 fully saturated rings. The van der Waals surface area contributed by atoms with Gasteiger partial charge in [0.2, 0.25) is 0 Å². The van der Waals surface area contributed by atoms with E-state index in [9.17, 15) is 9.90 Å². The normalized spacial score (nSPS) is 42.5. The standard InChI is InChI=1S/C28H44O2/c1-18(20(3)29)7-6-8-19(2)24-11-12-25-23-10-9-21-17-22(30)13-15-27(21,4)26(23)14-16-28(24,25)5/h10,18-19,21,24-26,29H,3,6-9,11-17H2,1-2,4-5H3/t18-,19?,21?,24-,25?,26?,27+,28-/m1/s1. The Balaban J connectivity index is 1.46. The van der Waals surface area contributed by atoms with Gasteiger partial charge in [0, 0.05) is 18.8 Å². The summed E-state index contributed by atoms with van der Waals surface area (Å²) in [6, 6.07) is 0. The number of Topliss-reactive ketones (excluding diaryl/α,β-unsaturated/α-hetero) is 1. The fourth-order valence-corrected chi connectivity index (χ4v) is 8.39. The number of aliphatic hydroxyl groups is 1. The van der Waals surface area contributed by atoms with Crippen molar-refractivity contribution in [3.05, 3.63) is 24.0 Å². The second-order valence-electron chi connectivity index (χ2n) is 12.0. The Morgan fingerprint density at radius 2 is 1.87 bits per heavy atom. The van der Waals surface area contributed by atoms with Gasteiger partial charge in [-0.1, -0.05) is 58.8 Å². The number of allylic oxidation sites excluding steroid dienone is 3. The van der Waals surface area contributed by atoms with Crippen molar-refractivity contribution >= 4 is 5.78 Å². The van der Waals surface area contributed by atoms with Gasteiger partial charge in [0.1, 0.15) is 5.78 Å². The zero-order valence-electron chi connectivity index (χ0n) is 19.9. The van der Waals surface area contributed by atoms with Gasteiger partial charge in [0.05, 0.1) is 5.76 Å². The zero-order valence-corrected chi connectivity index (χ0v) is 19.9. The third kappa shape index (κ3) is 3.61. The van der Waals surface area contributed by atoms with Crippen LogP contribution in [0, 0.1) is 46.3 Å². The number of aliphatic hydroxyl groups excluding tert-OH is 1. The number of fused-ring (bicyclic) bond motifs is 5. The van der Waals surface area contributed by atoms with Gasteiger partial charge in [0.25, 0.3) is 0 Å². The molecule has 168 valence electrons. The number of carbonyl (C=O) groups excluding carboxylic acids is 1. The molecule has 4 aliphatic rings. The Kier molecular flexibility index (Phi) is 6.01. The highest BCUT2D eigenvalue weighted by molar-refractivity contribution is 5.79. The summed E-state index contributed by atoms with van der Waals surface area (Å²) in [5.41, 5.74) is 2.63. The summed E-state index contributed by atoms with van der Waals surface area (Å²) in [5.74, 6) is 4.76. The van der Waals surface area contributed by atoms with Gasteiger partial charge in [0.15, 0.2) is 0 Å². The Hall–Kier alpha value is -1.05. The highest BCUT2D eigenvalue weighted by Gasteiger charge is 2.58. The maximum Gasteiger partial charge on any atom is 0.133 e. The predicted octanol–water partition coefficient (Wildman–Crippen LogP) is 7.65. The summed E-state index contributed by atoms with van der Waals surface area (Å²) in [6.07, 6.45) is 15.5. The second kappa shape index (κ2) is 8.14. The summed E-state index contributed by atoms with van der Waals surface area (Å²) in [6.45, 7) is 13.4. The van der Waals surface area contributed by atoms with Crippen molar-refractivity contribution in [2.75, 3.05) is 0 Å². The van der Waals surface area contributed by atoms with Crippen molar-refractivity contribution in [1.82, 2.24) is 0 Å². The lowest BCUT2D eigenvalue weighted by Crippen LogP contribution is -2.49. The Morgan fingerprint density at radius 3 is 2.60 bits per heavy atom. The first-order valence-corrected chi connectivity index (χ1v) is 12.8. The highest BCUT2D eigenvalue weighted by atomic mass is 16.3. The molecule has 0 heterocycles. The van der Waals surface area contributed by atoms with Crippen molar-refractivity contribution in [3.63, 3.8) is 0 Å². The molecule has 0 radical (unpaired) electrons. The number of hydrogen-bond acceptors (Lipinski definition) is 2. The first-order chi connectivity index (χ1) is 14.2. The van der Waals surface area contributed by atoms with Gasteiger partial charge < -0.3 is 5.11 Å². The van der Waals surface area contributed by atoms with Crippen LogP contribution >= 0.6 is 0 Å².